The van der Waals surface area contributed by atoms with Gasteiger partial charge in [-0.05, 0) is 30.9 Å². The molecule has 4 rings (SSSR count). The third-order valence-electron chi connectivity index (χ3n) is 16.3. The zero-order valence-electron chi connectivity index (χ0n) is 59.1. The smallest absolute Gasteiger partial charge is 0.326 e. The van der Waals surface area contributed by atoms with Gasteiger partial charge in [0.15, 0.2) is 0 Å². The molecule has 2 aliphatic heterocycles. The van der Waals surface area contributed by atoms with Gasteiger partial charge in [-0.25, -0.2) is 19.8 Å². The summed E-state index contributed by atoms with van der Waals surface area (Å²) in [6, 6.07) is 10.1. The molecule has 1 fully saturated rings. The maximum Gasteiger partial charge on any atom is 0.326 e. The van der Waals surface area contributed by atoms with E-state index in [0.29, 0.717) is 35.5 Å². The first kappa shape index (κ1) is 89.6. The average molecular weight is 1520 g/mol. The van der Waals surface area contributed by atoms with E-state index >= 15 is 0 Å². The lowest BCUT2D eigenvalue weighted by molar-refractivity contribution is -0.145. The van der Waals surface area contributed by atoms with Crippen molar-refractivity contribution in [3.05, 3.63) is 65.2 Å². The second-order valence-corrected chi connectivity index (χ2v) is 25.0. The van der Waals surface area contributed by atoms with Gasteiger partial charge in [0.05, 0.1) is 126 Å². The highest BCUT2D eigenvalue weighted by atomic mass is 31.1. The Bertz CT molecular complexity index is 3180. The summed E-state index contributed by atoms with van der Waals surface area (Å²) in [5.74, 6) is -11.1. The molecular formula is C66H100N13O26P. The van der Waals surface area contributed by atoms with E-state index in [2.05, 4.69) is 31.7 Å². The summed E-state index contributed by atoms with van der Waals surface area (Å²) in [6.45, 7) is 2.86. The molecule has 4 atom stereocenters. The van der Waals surface area contributed by atoms with E-state index in [0.717, 1.165) is 10.2 Å². The SMILES string of the molecule is N=N/C1=C(\NCCCNC(=O)CN2CCN(CC(=O)O)CCN(CC(=O)O)CCN(CC(=O)O)CC2)c2ccccc2CN(C(=O)CCNC(=O)CCOCCOCCOCCOCCOCCC(=O)N[C@H](CCC(=O)NC(CCOCN(PO)[C@@H](CCC(=O)O)C(=O)O)C(=O)O)C(=O)O)c2ccccc21. The van der Waals surface area contributed by atoms with Gasteiger partial charge in [0.25, 0.3) is 0 Å². The van der Waals surface area contributed by atoms with Crippen LogP contribution in [-0.2, 0) is 92.5 Å². The minimum absolute atomic E-state index is 0.0311. The first-order valence-corrected chi connectivity index (χ1v) is 35.3. The molecular weight excluding hydrogens is 1420 g/mol. The Morgan fingerprint density at radius 1 is 0.472 bits per heavy atom. The lowest BCUT2D eigenvalue weighted by Crippen LogP contribution is -2.49. The molecule has 5 amide bonds. The first-order valence-electron chi connectivity index (χ1n) is 34.4. The van der Waals surface area contributed by atoms with Gasteiger partial charge < -0.3 is 101 Å². The van der Waals surface area contributed by atoms with Crippen molar-refractivity contribution in [2.24, 2.45) is 5.11 Å². The van der Waals surface area contributed by atoms with Gasteiger partial charge in [-0.1, -0.05) is 42.5 Å². The summed E-state index contributed by atoms with van der Waals surface area (Å²) in [4.78, 5) is 164. The van der Waals surface area contributed by atoms with Crippen LogP contribution in [0.25, 0.3) is 11.4 Å². The topological polar surface area (TPSA) is 538 Å². The molecule has 0 spiro atoms. The molecule has 2 aromatic rings. The second kappa shape index (κ2) is 51.4. The largest absolute Gasteiger partial charge is 0.481 e. The lowest BCUT2D eigenvalue weighted by Gasteiger charge is -2.32. The number of carbonyl (C=O) groups is 12. The molecule has 106 heavy (non-hydrogen) atoms. The molecule has 0 aliphatic carbocycles. The van der Waals surface area contributed by atoms with Crippen LogP contribution < -0.4 is 31.5 Å². The third-order valence-corrected chi connectivity index (χ3v) is 17.0. The second-order valence-electron chi connectivity index (χ2n) is 24.2. The summed E-state index contributed by atoms with van der Waals surface area (Å²) in [7, 11) is -1.07. The molecule has 39 nitrogen and oxygen atoms in total. The number of benzene rings is 2. The van der Waals surface area contributed by atoms with Crippen LogP contribution in [0.3, 0.4) is 0 Å². The molecule has 2 unspecified atom stereocenters. The van der Waals surface area contributed by atoms with E-state index in [1.54, 1.807) is 43.9 Å². The number of carboxylic acid groups (broad SMARTS) is 7. The number of hydrogen-bond donors (Lipinski definition) is 14. The molecule has 0 bridgehead atoms. The monoisotopic (exact) mass is 1520 g/mol. The Labute approximate surface area is 613 Å². The fourth-order valence-electron chi connectivity index (χ4n) is 10.8. The van der Waals surface area contributed by atoms with Crippen molar-refractivity contribution in [2.75, 3.05) is 182 Å². The Morgan fingerprint density at radius 3 is 1.42 bits per heavy atom. The number of amides is 5. The number of anilines is 1. The van der Waals surface area contributed by atoms with Crippen molar-refractivity contribution in [1.29, 1.82) is 5.53 Å². The Hall–Kier alpha value is -8.83. The molecule has 0 radical (unpaired) electrons. The van der Waals surface area contributed by atoms with Crippen molar-refractivity contribution in [3.8, 4) is 0 Å². The van der Waals surface area contributed by atoms with E-state index in [1.165, 1.54) is 0 Å². The van der Waals surface area contributed by atoms with Crippen LogP contribution >= 0.6 is 8.96 Å². The standard InChI is InChI=1S/C66H100N13O26P/c67-73-63-48-8-3-4-9-51(48)78(40-46-6-1-2-7-47(46)62(63)70-19-5-18-68-56(83)41-74-21-23-75(42-59(87)88)25-27-77(44-61(91)92)28-26-76(24-22-74)43-60(89)90)57(84)14-20-69-53(80)16-30-100-32-34-102-36-38-104-39-37-103-35-33-101-31-17-55(82)71-49(64(93)94)10-12-54(81)72-50(65(95)96)15-29-105-45-79(106-99)52(66(97)98)11-13-58(85)86/h1-4,6-9,49-50,52,67,70,99,106H,5,10-45H2,(H,68,83)(H,69,80)(H,71,82)(H,72,81)(H,85,86)(H,87,88)(H,89,90)(H,91,92)(H,93,94)(H,95,96)(H,97,98)/b63-62-,73-67?/t49-,50?,52+/m1/s1. The van der Waals surface area contributed by atoms with Crippen LogP contribution in [0, 0.1) is 5.53 Å². The van der Waals surface area contributed by atoms with Gasteiger partial charge in [0.1, 0.15) is 30.6 Å². The molecule has 2 aliphatic rings. The first-order chi connectivity index (χ1) is 50.9. The normalized spacial score (nSPS) is 15.8. The highest BCUT2D eigenvalue weighted by Crippen LogP contribution is 2.38. The van der Waals surface area contributed by atoms with Crippen molar-refractivity contribution in [2.45, 2.75) is 82.5 Å². The number of aliphatic carboxylic acids is 7. The maximum atomic E-state index is 14.1. The molecule has 0 aromatic heterocycles. The van der Waals surface area contributed by atoms with E-state index in [9.17, 15) is 93.1 Å². The number of nitrogens with one attached hydrogen (secondary N) is 6. The molecule has 40 heteroatoms. The highest BCUT2D eigenvalue weighted by molar-refractivity contribution is 7.28. The summed E-state index contributed by atoms with van der Waals surface area (Å²) >= 11 is 0. The quantitative estimate of drug-likeness (QED) is 0.0159. The van der Waals surface area contributed by atoms with Crippen molar-refractivity contribution in [3.63, 3.8) is 0 Å². The van der Waals surface area contributed by atoms with Gasteiger partial charge in [-0.3, -0.25) is 67.5 Å². The number of carboxylic acids is 7. The van der Waals surface area contributed by atoms with E-state index in [1.807, 2.05) is 29.2 Å². The summed E-state index contributed by atoms with van der Waals surface area (Å²) in [5, 5.41) is 83.7. The molecule has 2 aromatic carbocycles. The van der Waals surface area contributed by atoms with Crippen molar-refractivity contribution >= 4 is 97.4 Å². The molecule has 590 valence electrons. The van der Waals surface area contributed by atoms with Crippen LogP contribution in [0.4, 0.5) is 5.69 Å². The molecule has 1 saturated heterocycles. The van der Waals surface area contributed by atoms with E-state index < -0.39 is 100 Å². The fraction of sp³-hybridized carbons (Fsp3) is 0.606. The van der Waals surface area contributed by atoms with Gasteiger partial charge in [-0.2, -0.15) is 5.11 Å². The number of rotatable bonds is 53. The number of ether oxygens (including phenoxy) is 6. The van der Waals surface area contributed by atoms with Crippen LogP contribution in [-0.4, -0.2) is 332 Å². The van der Waals surface area contributed by atoms with Crippen LogP contribution in [0.15, 0.2) is 53.6 Å². The van der Waals surface area contributed by atoms with Gasteiger partial charge in [0.2, 0.25) is 29.5 Å². The fourth-order valence-corrected chi connectivity index (χ4v) is 11.3. The highest BCUT2D eigenvalue weighted by Gasteiger charge is 2.31. The predicted octanol–water partition coefficient (Wildman–Crippen LogP) is -1.27. The maximum absolute atomic E-state index is 14.1. The van der Waals surface area contributed by atoms with Crippen molar-refractivity contribution in [1.82, 2.24) is 50.9 Å². The van der Waals surface area contributed by atoms with Crippen LogP contribution in [0.5, 0.6) is 0 Å². The average Bonchev–Trinajstić information content (AvgIpc) is 0.771. The van der Waals surface area contributed by atoms with Gasteiger partial charge in [-0.15, -0.1) is 0 Å². The van der Waals surface area contributed by atoms with Crippen molar-refractivity contribution < 1.29 is 127 Å². The van der Waals surface area contributed by atoms with E-state index in [-0.39, 0.29) is 233 Å². The Balaban J connectivity index is 1.07. The van der Waals surface area contributed by atoms with Crippen LogP contribution in [0.2, 0.25) is 0 Å². The summed E-state index contributed by atoms with van der Waals surface area (Å²) < 4.78 is 33.6. The third kappa shape index (κ3) is 36.4. The number of hydrogen-bond acceptors (Lipinski definition) is 27. The van der Waals surface area contributed by atoms with Crippen LogP contribution in [0.1, 0.15) is 74.5 Å². The van der Waals surface area contributed by atoms with Gasteiger partial charge >= 0.3 is 41.8 Å². The lowest BCUT2D eigenvalue weighted by atomic mass is 9.95. The minimum atomic E-state index is -1.49. The predicted molar refractivity (Wildman–Crippen MR) is 376 cm³/mol. The molecule has 0 saturated carbocycles. The zero-order valence-corrected chi connectivity index (χ0v) is 60.1. The number of fused-ring (bicyclic) bond motifs is 2. The van der Waals surface area contributed by atoms with E-state index in [4.69, 9.17) is 39.1 Å². The van der Waals surface area contributed by atoms with Gasteiger partial charge in [0, 0.05) is 122 Å². The summed E-state index contributed by atoms with van der Waals surface area (Å²) in [5.41, 5.74) is 11.7. The number of nitrogens with zero attached hydrogens (tertiary/aromatic N) is 7. The zero-order chi connectivity index (χ0) is 77.6. The molecule has 14 N–H and O–H groups in total. The Kier molecular flexibility index (Phi) is 43.4. The minimum Gasteiger partial charge on any atom is -0.481 e. The number of para-hydroxylation sites is 1. The number of carbonyl (C=O) groups excluding carboxylic acids is 5. The summed E-state index contributed by atoms with van der Waals surface area (Å²) in [6.07, 6.45) is -1.77. The Morgan fingerprint density at radius 2 is 0.934 bits per heavy atom. The molecule has 2 heterocycles.